The number of nitrogens with zero attached hydrogens (tertiary/aromatic N) is 3. The standard InChI is InChI=1S/C41H51N3O7/c1-43(2)18-11-19-49-38-31-15-9-10-17-34(31)42-39-32(38)16-6-4-5-14-28-22-36(28)51-37(45)24-33(29-20-26-12-7-8-13-27(26)21-29)40(46)44-25-30(50-39)23-35(44)41(47)48-3/h7-10,12-13,15,17,28-30,33,35-36H,4-6,11,14,16,18-25H2,1-3H3/t28-,30-,33+,35+,36-/m1/s1. The topological polar surface area (TPSA) is 108 Å². The summed E-state index contributed by atoms with van der Waals surface area (Å²) < 4.78 is 24.5. The molecular weight excluding hydrogens is 646 g/mol. The zero-order chi connectivity index (χ0) is 35.5. The molecule has 2 aliphatic heterocycles. The molecule has 3 aromatic rings. The van der Waals surface area contributed by atoms with Gasteiger partial charge in [0.25, 0.3) is 0 Å². The van der Waals surface area contributed by atoms with Crippen molar-refractivity contribution in [3.05, 3.63) is 65.2 Å². The largest absolute Gasteiger partial charge is 0.492 e. The van der Waals surface area contributed by atoms with E-state index < -0.39 is 24.0 Å². The molecular formula is C41H51N3O7. The van der Waals surface area contributed by atoms with Gasteiger partial charge in [0, 0.05) is 18.4 Å². The van der Waals surface area contributed by atoms with Crippen LogP contribution in [0.1, 0.15) is 68.1 Å². The maximum atomic E-state index is 14.7. The van der Waals surface area contributed by atoms with Gasteiger partial charge in [-0.2, -0.15) is 0 Å². The molecule has 0 unspecified atom stereocenters. The Balaban J connectivity index is 1.22. The number of benzene rings is 2. The Morgan fingerprint density at radius 1 is 0.941 bits per heavy atom. The number of para-hydroxylation sites is 1. The van der Waals surface area contributed by atoms with E-state index in [2.05, 4.69) is 37.2 Å². The number of hydrogen-bond acceptors (Lipinski definition) is 9. The molecule has 51 heavy (non-hydrogen) atoms. The normalized spacial score (nSPS) is 25.6. The number of ether oxygens (including phenoxy) is 4. The monoisotopic (exact) mass is 697 g/mol. The van der Waals surface area contributed by atoms with Crippen LogP contribution in [0.4, 0.5) is 0 Å². The number of esters is 2. The van der Waals surface area contributed by atoms with Crippen molar-refractivity contribution in [3.63, 3.8) is 0 Å². The molecule has 0 spiro atoms. The molecule has 2 fully saturated rings. The van der Waals surface area contributed by atoms with Crippen molar-refractivity contribution >= 4 is 28.7 Å². The number of hydrogen-bond donors (Lipinski definition) is 0. The third-order valence-electron chi connectivity index (χ3n) is 11.2. The first-order chi connectivity index (χ1) is 24.8. The average molecular weight is 698 g/mol. The van der Waals surface area contributed by atoms with E-state index >= 15 is 0 Å². The van der Waals surface area contributed by atoms with E-state index in [4.69, 9.17) is 23.9 Å². The lowest BCUT2D eigenvalue weighted by molar-refractivity contribution is -0.156. The fourth-order valence-corrected chi connectivity index (χ4v) is 8.38. The van der Waals surface area contributed by atoms with Gasteiger partial charge in [0.05, 0.1) is 43.7 Å². The summed E-state index contributed by atoms with van der Waals surface area (Å²) in [5.41, 5.74) is 4.11. The summed E-state index contributed by atoms with van der Waals surface area (Å²) in [7, 11) is 5.46. The zero-order valence-corrected chi connectivity index (χ0v) is 30.2. The number of aromatic nitrogens is 1. The SMILES string of the molecule is COC(=O)[C@@H]1C[C@@H]2CN1C(=O)[C@H](C1Cc3ccccc3C1)CC(=O)O[C@@H]1C[C@H]1CCCCCc1c(nc3ccccc3c1OCCCN(C)C)O2. The summed E-state index contributed by atoms with van der Waals surface area (Å²) >= 11 is 0. The maximum Gasteiger partial charge on any atom is 0.328 e. The third-order valence-corrected chi connectivity index (χ3v) is 11.2. The highest BCUT2D eigenvalue weighted by Crippen LogP contribution is 2.42. The first-order valence-electron chi connectivity index (χ1n) is 18.8. The van der Waals surface area contributed by atoms with Crippen LogP contribution >= 0.6 is 0 Å². The fraction of sp³-hybridized carbons (Fsp3) is 0.561. The lowest BCUT2D eigenvalue weighted by Crippen LogP contribution is -2.46. The number of pyridine rings is 1. The second-order valence-corrected chi connectivity index (χ2v) is 15.1. The van der Waals surface area contributed by atoms with Gasteiger partial charge in [-0.1, -0.05) is 49.2 Å². The predicted molar refractivity (Wildman–Crippen MR) is 193 cm³/mol. The van der Waals surface area contributed by atoms with Gasteiger partial charge in [0.15, 0.2) is 0 Å². The summed E-state index contributed by atoms with van der Waals surface area (Å²) in [6.07, 6.45) is 7.50. The fourth-order valence-electron chi connectivity index (χ4n) is 8.38. The quantitative estimate of drug-likeness (QED) is 0.232. The van der Waals surface area contributed by atoms with E-state index in [1.807, 2.05) is 30.3 Å². The average Bonchev–Trinajstić information content (AvgIpc) is 3.49. The Labute approximate surface area is 300 Å². The van der Waals surface area contributed by atoms with Crippen molar-refractivity contribution in [2.24, 2.45) is 17.8 Å². The molecule has 0 radical (unpaired) electrons. The van der Waals surface area contributed by atoms with Crippen LogP contribution in [0, 0.1) is 17.8 Å². The Morgan fingerprint density at radius 2 is 1.71 bits per heavy atom. The number of amides is 1. The predicted octanol–water partition coefficient (Wildman–Crippen LogP) is 5.56. The van der Waals surface area contributed by atoms with Crippen molar-refractivity contribution in [2.45, 2.75) is 88.9 Å². The molecule has 272 valence electrons. The molecule has 2 aliphatic carbocycles. The molecule has 10 nitrogen and oxygen atoms in total. The lowest BCUT2D eigenvalue weighted by atomic mass is 9.85. The number of methoxy groups -OCH3 is 1. The molecule has 7 rings (SSSR count). The van der Waals surface area contributed by atoms with E-state index in [0.29, 0.717) is 31.2 Å². The number of carbonyl (C=O) groups is 3. The second kappa shape index (κ2) is 15.6. The third kappa shape index (κ3) is 8.01. The van der Waals surface area contributed by atoms with Gasteiger partial charge in [-0.15, -0.1) is 0 Å². The van der Waals surface area contributed by atoms with Crippen LogP contribution < -0.4 is 9.47 Å². The van der Waals surface area contributed by atoms with Crippen molar-refractivity contribution in [3.8, 4) is 11.6 Å². The van der Waals surface area contributed by atoms with Gasteiger partial charge < -0.3 is 28.7 Å². The van der Waals surface area contributed by atoms with Crippen LogP contribution in [0.5, 0.6) is 11.6 Å². The van der Waals surface area contributed by atoms with Gasteiger partial charge >= 0.3 is 11.9 Å². The summed E-state index contributed by atoms with van der Waals surface area (Å²) in [6.45, 7) is 1.65. The minimum absolute atomic E-state index is 0.0124. The molecule has 2 bridgehead atoms. The highest BCUT2D eigenvalue weighted by Gasteiger charge is 2.47. The Kier molecular flexibility index (Phi) is 10.8. The van der Waals surface area contributed by atoms with Crippen molar-refractivity contribution in [2.75, 3.05) is 40.9 Å². The van der Waals surface area contributed by atoms with E-state index in [0.717, 1.165) is 73.7 Å². The molecule has 4 aliphatic rings. The van der Waals surface area contributed by atoms with Crippen LogP contribution in [0.25, 0.3) is 10.9 Å². The van der Waals surface area contributed by atoms with Gasteiger partial charge in [-0.3, -0.25) is 9.59 Å². The molecule has 2 aromatic carbocycles. The van der Waals surface area contributed by atoms with E-state index in [1.54, 1.807) is 4.90 Å². The van der Waals surface area contributed by atoms with Gasteiger partial charge in [-0.25, -0.2) is 9.78 Å². The highest BCUT2D eigenvalue weighted by atomic mass is 16.6. The minimum atomic E-state index is -0.838. The van der Waals surface area contributed by atoms with Crippen molar-refractivity contribution < 1.29 is 33.3 Å². The maximum absolute atomic E-state index is 14.7. The molecule has 1 aromatic heterocycles. The van der Waals surface area contributed by atoms with Crippen LogP contribution in [0.2, 0.25) is 0 Å². The lowest BCUT2D eigenvalue weighted by Gasteiger charge is -2.30. The molecule has 1 saturated carbocycles. The highest BCUT2D eigenvalue weighted by molar-refractivity contribution is 5.90. The van der Waals surface area contributed by atoms with Gasteiger partial charge in [0.2, 0.25) is 11.8 Å². The van der Waals surface area contributed by atoms with E-state index in [9.17, 15) is 14.4 Å². The van der Waals surface area contributed by atoms with Crippen LogP contribution in [0.15, 0.2) is 48.5 Å². The van der Waals surface area contributed by atoms with Crippen LogP contribution in [-0.2, 0) is 43.1 Å². The number of fused-ring (bicyclic) bond motifs is 6. The Bertz CT molecular complexity index is 1720. The zero-order valence-electron chi connectivity index (χ0n) is 30.2. The Hall–Kier alpha value is -4.18. The van der Waals surface area contributed by atoms with Crippen LogP contribution in [0.3, 0.4) is 0 Å². The summed E-state index contributed by atoms with van der Waals surface area (Å²) in [6, 6.07) is 15.4. The smallest absolute Gasteiger partial charge is 0.328 e. The molecule has 1 saturated heterocycles. The first kappa shape index (κ1) is 35.2. The summed E-state index contributed by atoms with van der Waals surface area (Å²) in [4.78, 5) is 50.2. The van der Waals surface area contributed by atoms with Gasteiger partial charge in [-0.05, 0) is 94.1 Å². The Morgan fingerprint density at radius 3 is 2.47 bits per heavy atom. The molecule has 0 N–H and O–H groups in total. The van der Waals surface area contributed by atoms with Crippen LogP contribution in [-0.4, -0.2) is 91.8 Å². The number of rotatable bonds is 7. The first-order valence-corrected chi connectivity index (χ1v) is 18.8. The molecule has 3 heterocycles. The van der Waals surface area contributed by atoms with Gasteiger partial charge in [0.1, 0.15) is 24.0 Å². The molecule has 5 atom stereocenters. The second-order valence-electron chi connectivity index (χ2n) is 15.1. The molecule has 1 amide bonds. The van der Waals surface area contributed by atoms with E-state index in [-0.39, 0.29) is 43.3 Å². The number of carbonyl (C=O) groups excluding carboxylic acids is 3. The summed E-state index contributed by atoms with van der Waals surface area (Å²) in [5.74, 6) is -0.112. The van der Waals surface area contributed by atoms with Crippen molar-refractivity contribution in [1.29, 1.82) is 0 Å². The minimum Gasteiger partial charge on any atom is -0.492 e. The summed E-state index contributed by atoms with van der Waals surface area (Å²) in [5, 5.41) is 0.950. The van der Waals surface area contributed by atoms with E-state index in [1.165, 1.54) is 18.2 Å². The van der Waals surface area contributed by atoms with Crippen molar-refractivity contribution in [1.82, 2.24) is 14.8 Å². The molecule has 10 heteroatoms.